The number of anilines is 2. The Morgan fingerprint density at radius 3 is 2.53 bits per heavy atom. The highest BCUT2D eigenvalue weighted by atomic mass is 16.5. The lowest BCUT2D eigenvalue weighted by atomic mass is 10.1. The first-order valence-electron chi connectivity index (χ1n) is 10.0. The van der Waals surface area contributed by atoms with Gasteiger partial charge in [0, 0.05) is 16.9 Å². The maximum Gasteiger partial charge on any atom is 0.244 e. The van der Waals surface area contributed by atoms with Crippen LogP contribution in [0.4, 0.5) is 11.4 Å². The van der Waals surface area contributed by atoms with Gasteiger partial charge in [0.05, 0.1) is 12.6 Å². The van der Waals surface area contributed by atoms with Gasteiger partial charge in [-0.05, 0) is 41.5 Å². The molecular formula is C25H22N4O3. The summed E-state index contributed by atoms with van der Waals surface area (Å²) in [5.41, 5.74) is 9.37. The first-order chi connectivity index (χ1) is 15.6. The summed E-state index contributed by atoms with van der Waals surface area (Å²) >= 11 is 0. The summed E-state index contributed by atoms with van der Waals surface area (Å²) in [5, 5.41) is 11.1. The summed E-state index contributed by atoms with van der Waals surface area (Å²) in [5.74, 6) is 0.724. The minimum atomic E-state index is -0.179. The van der Waals surface area contributed by atoms with Gasteiger partial charge >= 0.3 is 0 Å². The molecule has 0 aliphatic rings. The number of aromatic nitrogens is 1. The average Bonchev–Trinajstić information content (AvgIpc) is 3.35. The molecule has 0 aliphatic heterocycles. The Labute approximate surface area is 185 Å². The molecule has 4 aromatic rings. The standard InChI is InChI=1S/C25H22N4O3/c26-22-11-8-19(15-21(22)24(27)25-28-12-13-31-25)29-23(30)14-17-6-9-20(10-7-17)32-16-18-4-2-1-3-5-18/h1-13,15,27H,14,16,26H2,(H,29,30). The van der Waals surface area contributed by atoms with Gasteiger partial charge in [-0.3, -0.25) is 10.2 Å². The van der Waals surface area contributed by atoms with Crippen molar-refractivity contribution in [2.75, 3.05) is 11.1 Å². The van der Waals surface area contributed by atoms with Crippen molar-refractivity contribution in [3.05, 3.63) is 108 Å². The number of rotatable bonds is 8. The second-order valence-corrected chi connectivity index (χ2v) is 7.16. The first-order valence-corrected chi connectivity index (χ1v) is 10.0. The molecule has 0 atom stereocenters. The lowest BCUT2D eigenvalue weighted by Crippen LogP contribution is -2.15. The highest BCUT2D eigenvalue weighted by molar-refractivity contribution is 6.12. The van der Waals surface area contributed by atoms with Crippen LogP contribution in [0, 0.1) is 5.41 Å². The van der Waals surface area contributed by atoms with E-state index in [1.807, 2.05) is 54.6 Å². The van der Waals surface area contributed by atoms with Crippen LogP contribution in [0.1, 0.15) is 22.6 Å². The van der Waals surface area contributed by atoms with Gasteiger partial charge in [-0.15, -0.1) is 0 Å². The van der Waals surface area contributed by atoms with E-state index in [1.54, 1.807) is 18.2 Å². The molecule has 7 nitrogen and oxygen atoms in total. The van der Waals surface area contributed by atoms with Crippen molar-refractivity contribution in [2.24, 2.45) is 0 Å². The van der Waals surface area contributed by atoms with E-state index in [-0.39, 0.29) is 23.9 Å². The second kappa shape index (κ2) is 9.61. The normalized spacial score (nSPS) is 10.5. The van der Waals surface area contributed by atoms with Crippen molar-refractivity contribution in [1.82, 2.24) is 4.98 Å². The van der Waals surface area contributed by atoms with Crippen LogP contribution < -0.4 is 15.8 Å². The van der Waals surface area contributed by atoms with Gasteiger partial charge in [0.15, 0.2) is 0 Å². The van der Waals surface area contributed by atoms with Crippen LogP contribution in [0.3, 0.4) is 0 Å². The average molecular weight is 426 g/mol. The molecular weight excluding hydrogens is 404 g/mol. The maximum atomic E-state index is 12.5. The number of nitrogen functional groups attached to an aromatic ring is 1. The summed E-state index contributed by atoms with van der Waals surface area (Å²) in [6.45, 7) is 0.489. The molecule has 4 rings (SSSR count). The fourth-order valence-corrected chi connectivity index (χ4v) is 3.15. The molecule has 0 spiro atoms. The van der Waals surface area contributed by atoms with Gasteiger partial charge in [0.25, 0.3) is 0 Å². The Hall–Kier alpha value is -4.39. The third kappa shape index (κ3) is 5.20. The molecule has 7 heteroatoms. The summed E-state index contributed by atoms with van der Waals surface area (Å²) in [4.78, 5) is 16.5. The molecule has 1 heterocycles. The highest BCUT2D eigenvalue weighted by Gasteiger charge is 2.14. The number of nitrogens with two attached hydrogens (primary N) is 1. The predicted molar refractivity (Wildman–Crippen MR) is 123 cm³/mol. The maximum absolute atomic E-state index is 12.5. The van der Waals surface area contributed by atoms with Gasteiger partial charge < -0.3 is 20.2 Å². The lowest BCUT2D eigenvalue weighted by Gasteiger charge is -2.10. The summed E-state index contributed by atoms with van der Waals surface area (Å²) in [6.07, 6.45) is 3.06. The van der Waals surface area contributed by atoms with Crippen molar-refractivity contribution >= 4 is 23.0 Å². The molecule has 0 fully saturated rings. The minimum absolute atomic E-state index is 0.0506. The zero-order valence-corrected chi connectivity index (χ0v) is 17.2. The number of nitrogens with one attached hydrogen (secondary N) is 2. The van der Waals surface area contributed by atoms with Crippen LogP contribution in [0.15, 0.2) is 89.7 Å². The number of carbonyl (C=O) groups is 1. The Bertz CT molecular complexity index is 1200. The van der Waals surface area contributed by atoms with Crippen molar-refractivity contribution < 1.29 is 13.9 Å². The molecule has 1 aromatic heterocycles. The van der Waals surface area contributed by atoms with E-state index in [1.165, 1.54) is 12.5 Å². The van der Waals surface area contributed by atoms with Crippen LogP contribution >= 0.6 is 0 Å². The zero-order valence-electron chi connectivity index (χ0n) is 17.2. The van der Waals surface area contributed by atoms with E-state index < -0.39 is 0 Å². The number of carbonyl (C=O) groups excluding carboxylic acids is 1. The van der Waals surface area contributed by atoms with Crippen LogP contribution in [-0.2, 0) is 17.8 Å². The molecule has 4 N–H and O–H groups in total. The van der Waals surface area contributed by atoms with Crippen LogP contribution in [-0.4, -0.2) is 16.6 Å². The van der Waals surface area contributed by atoms with E-state index in [0.717, 1.165) is 16.9 Å². The van der Waals surface area contributed by atoms with Crippen LogP contribution in [0.25, 0.3) is 0 Å². The van der Waals surface area contributed by atoms with E-state index in [0.29, 0.717) is 23.5 Å². The van der Waals surface area contributed by atoms with Gasteiger partial charge in [-0.25, -0.2) is 4.98 Å². The molecule has 1 amide bonds. The molecule has 0 radical (unpaired) electrons. The number of oxazole rings is 1. The summed E-state index contributed by atoms with van der Waals surface area (Å²) in [6, 6.07) is 22.3. The van der Waals surface area contributed by atoms with E-state index in [4.69, 9.17) is 20.3 Å². The van der Waals surface area contributed by atoms with Crippen LogP contribution in [0.2, 0.25) is 0 Å². The fourth-order valence-electron chi connectivity index (χ4n) is 3.15. The quantitative estimate of drug-likeness (QED) is 0.285. The van der Waals surface area contributed by atoms with E-state index in [2.05, 4.69) is 10.3 Å². The largest absolute Gasteiger partial charge is 0.489 e. The Kier molecular flexibility index (Phi) is 6.27. The number of ether oxygens (including phenoxy) is 1. The topological polar surface area (TPSA) is 114 Å². The summed E-state index contributed by atoms with van der Waals surface area (Å²) < 4.78 is 10.9. The SMILES string of the molecule is N=C(c1ncco1)c1cc(NC(=O)Cc2ccc(OCc3ccccc3)cc2)ccc1N. The smallest absolute Gasteiger partial charge is 0.244 e. The molecule has 0 bridgehead atoms. The van der Waals surface area contributed by atoms with Gasteiger partial charge in [0.1, 0.15) is 24.3 Å². The van der Waals surface area contributed by atoms with E-state index in [9.17, 15) is 4.79 Å². The number of benzene rings is 3. The van der Waals surface area contributed by atoms with Crippen molar-refractivity contribution in [3.8, 4) is 5.75 Å². The molecule has 160 valence electrons. The van der Waals surface area contributed by atoms with Crippen molar-refractivity contribution in [2.45, 2.75) is 13.0 Å². The number of nitrogens with zero attached hydrogens (tertiary/aromatic N) is 1. The number of hydrogen-bond acceptors (Lipinski definition) is 6. The molecule has 0 saturated heterocycles. The monoisotopic (exact) mass is 426 g/mol. The summed E-state index contributed by atoms with van der Waals surface area (Å²) in [7, 11) is 0. The highest BCUT2D eigenvalue weighted by Crippen LogP contribution is 2.21. The molecule has 32 heavy (non-hydrogen) atoms. The third-order valence-electron chi connectivity index (χ3n) is 4.79. The molecule has 3 aromatic carbocycles. The first kappa shape index (κ1) is 20.9. The fraction of sp³-hybridized carbons (Fsp3) is 0.0800. The second-order valence-electron chi connectivity index (χ2n) is 7.16. The van der Waals surface area contributed by atoms with Gasteiger partial charge in [0.2, 0.25) is 11.8 Å². The Balaban J connectivity index is 1.35. The zero-order chi connectivity index (χ0) is 22.3. The number of amides is 1. The molecule has 0 aliphatic carbocycles. The minimum Gasteiger partial charge on any atom is -0.489 e. The predicted octanol–water partition coefficient (Wildman–Crippen LogP) is 4.43. The molecule has 0 unspecified atom stereocenters. The molecule has 0 saturated carbocycles. The van der Waals surface area contributed by atoms with E-state index >= 15 is 0 Å². The lowest BCUT2D eigenvalue weighted by molar-refractivity contribution is -0.115. The van der Waals surface area contributed by atoms with Crippen LogP contribution in [0.5, 0.6) is 5.75 Å². The Morgan fingerprint density at radius 2 is 1.81 bits per heavy atom. The van der Waals surface area contributed by atoms with Crippen molar-refractivity contribution in [3.63, 3.8) is 0 Å². The van der Waals surface area contributed by atoms with Gasteiger partial charge in [-0.2, -0.15) is 0 Å². The number of hydrogen-bond donors (Lipinski definition) is 3. The van der Waals surface area contributed by atoms with Crippen molar-refractivity contribution in [1.29, 1.82) is 5.41 Å². The third-order valence-corrected chi connectivity index (χ3v) is 4.79. The van der Waals surface area contributed by atoms with Gasteiger partial charge in [-0.1, -0.05) is 42.5 Å². The Morgan fingerprint density at radius 1 is 1.03 bits per heavy atom.